The molecule has 138 valence electrons. The molecule has 0 saturated carbocycles. The van der Waals surface area contributed by atoms with Gasteiger partial charge in [-0.3, -0.25) is 20.4 Å². The first-order chi connectivity index (χ1) is 12.7. The van der Waals surface area contributed by atoms with Crippen LogP contribution in [0.25, 0.3) is 0 Å². The van der Waals surface area contributed by atoms with Crippen molar-refractivity contribution in [1.82, 2.24) is 15.8 Å². The Morgan fingerprint density at radius 1 is 1.27 bits per heavy atom. The van der Waals surface area contributed by atoms with Crippen molar-refractivity contribution in [2.75, 3.05) is 38.3 Å². The number of ether oxygens (including phenoxy) is 2. The number of anilines is 1. The van der Waals surface area contributed by atoms with Crippen LogP contribution in [0.1, 0.15) is 16.1 Å². The van der Waals surface area contributed by atoms with E-state index in [1.165, 1.54) is 11.3 Å². The standard InChI is InChI=1S/C17H20N4O4S/c1-24-14-5-3-2-4-12(14)10-15(22)19-20-16(23)13-11-26-17(18-13)21-6-8-25-9-7-21/h2-5,11H,6-10H2,1H3,(H,19,22)(H,20,23). The molecule has 3 rings (SSSR count). The molecule has 1 aliphatic rings. The fraction of sp³-hybridized carbons (Fsp3) is 0.353. The third-order valence-corrected chi connectivity index (χ3v) is 4.77. The number of thiazole rings is 1. The Bertz CT molecular complexity index is 774. The molecule has 1 saturated heterocycles. The Kier molecular flexibility index (Phi) is 6.03. The molecule has 2 aromatic rings. The predicted octanol–water partition coefficient (Wildman–Crippen LogP) is 0.992. The normalized spacial score (nSPS) is 14.0. The number of rotatable bonds is 5. The number of aromatic nitrogens is 1. The lowest BCUT2D eigenvalue weighted by atomic mass is 10.1. The first kappa shape index (κ1) is 18.2. The number of hydrogen-bond donors (Lipinski definition) is 2. The highest BCUT2D eigenvalue weighted by Gasteiger charge is 2.18. The maximum atomic E-state index is 12.2. The van der Waals surface area contributed by atoms with Gasteiger partial charge in [-0.15, -0.1) is 11.3 Å². The molecule has 9 heteroatoms. The summed E-state index contributed by atoms with van der Waals surface area (Å²) in [6.45, 7) is 2.81. The van der Waals surface area contributed by atoms with Crippen LogP contribution in [0.5, 0.6) is 5.75 Å². The zero-order chi connectivity index (χ0) is 18.4. The van der Waals surface area contributed by atoms with Gasteiger partial charge in [-0.1, -0.05) is 18.2 Å². The second-order valence-corrected chi connectivity index (χ2v) is 6.44. The van der Waals surface area contributed by atoms with Crippen molar-refractivity contribution in [3.8, 4) is 5.75 Å². The quantitative estimate of drug-likeness (QED) is 0.756. The maximum absolute atomic E-state index is 12.2. The van der Waals surface area contributed by atoms with Gasteiger partial charge in [0.15, 0.2) is 5.13 Å². The van der Waals surface area contributed by atoms with Crippen molar-refractivity contribution in [2.45, 2.75) is 6.42 Å². The number of nitrogens with zero attached hydrogens (tertiary/aromatic N) is 2. The number of hydrogen-bond acceptors (Lipinski definition) is 7. The summed E-state index contributed by atoms with van der Waals surface area (Å²) in [4.78, 5) is 30.6. The minimum Gasteiger partial charge on any atom is -0.496 e. The van der Waals surface area contributed by atoms with Crippen LogP contribution in [0.15, 0.2) is 29.6 Å². The van der Waals surface area contributed by atoms with Crippen LogP contribution in [0.3, 0.4) is 0 Å². The molecule has 8 nitrogen and oxygen atoms in total. The Balaban J connectivity index is 1.52. The highest BCUT2D eigenvalue weighted by atomic mass is 32.1. The molecule has 0 aliphatic carbocycles. The van der Waals surface area contributed by atoms with Crippen molar-refractivity contribution in [3.63, 3.8) is 0 Å². The average molecular weight is 376 g/mol. The predicted molar refractivity (Wildman–Crippen MR) is 97.5 cm³/mol. The smallest absolute Gasteiger partial charge is 0.289 e. The monoisotopic (exact) mass is 376 g/mol. The molecule has 2 heterocycles. The second-order valence-electron chi connectivity index (χ2n) is 5.61. The van der Waals surface area contributed by atoms with Gasteiger partial charge in [-0.25, -0.2) is 4.98 Å². The van der Waals surface area contributed by atoms with Crippen molar-refractivity contribution < 1.29 is 19.1 Å². The van der Waals surface area contributed by atoms with Crippen molar-refractivity contribution in [3.05, 3.63) is 40.9 Å². The number of para-hydroxylation sites is 1. The maximum Gasteiger partial charge on any atom is 0.289 e. The zero-order valence-corrected chi connectivity index (χ0v) is 15.2. The molecule has 2 N–H and O–H groups in total. The molecule has 1 fully saturated rings. The molecule has 0 spiro atoms. The first-order valence-corrected chi connectivity index (χ1v) is 9.04. The number of carbonyl (C=O) groups is 2. The summed E-state index contributed by atoms with van der Waals surface area (Å²) in [7, 11) is 1.55. The van der Waals surface area contributed by atoms with Gasteiger partial charge in [0.25, 0.3) is 5.91 Å². The molecule has 1 aromatic carbocycles. The van der Waals surface area contributed by atoms with Gasteiger partial charge in [0, 0.05) is 24.0 Å². The molecule has 26 heavy (non-hydrogen) atoms. The zero-order valence-electron chi connectivity index (χ0n) is 14.4. The van der Waals surface area contributed by atoms with Crippen molar-refractivity contribution in [2.24, 2.45) is 0 Å². The summed E-state index contributed by atoms with van der Waals surface area (Å²) in [5, 5.41) is 2.45. The lowest BCUT2D eigenvalue weighted by molar-refractivity contribution is -0.121. The van der Waals surface area contributed by atoms with E-state index in [1.54, 1.807) is 24.6 Å². The van der Waals surface area contributed by atoms with Gasteiger partial charge in [-0.2, -0.15) is 0 Å². The van der Waals surface area contributed by atoms with Gasteiger partial charge in [0.2, 0.25) is 5.91 Å². The van der Waals surface area contributed by atoms with E-state index in [2.05, 4.69) is 20.7 Å². The van der Waals surface area contributed by atoms with E-state index in [-0.39, 0.29) is 18.0 Å². The molecule has 1 aromatic heterocycles. The summed E-state index contributed by atoms with van der Waals surface area (Å²) in [5.74, 6) is -0.163. The molecule has 2 amide bonds. The SMILES string of the molecule is COc1ccccc1CC(=O)NNC(=O)c1csc(N2CCOCC2)n1. The molecular formula is C17H20N4O4S. The minimum absolute atomic E-state index is 0.0976. The lowest BCUT2D eigenvalue weighted by Crippen LogP contribution is -2.42. The van der Waals surface area contributed by atoms with E-state index in [4.69, 9.17) is 9.47 Å². The first-order valence-electron chi connectivity index (χ1n) is 8.16. The number of methoxy groups -OCH3 is 1. The van der Waals surface area contributed by atoms with Crippen LogP contribution in [0.4, 0.5) is 5.13 Å². The summed E-state index contributed by atoms with van der Waals surface area (Å²) in [6.07, 6.45) is 0.0976. The van der Waals surface area contributed by atoms with Crippen LogP contribution in [-0.4, -0.2) is 50.2 Å². The number of amides is 2. The van der Waals surface area contributed by atoms with E-state index < -0.39 is 5.91 Å². The topological polar surface area (TPSA) is 92.8 Å². The number of hydrazine groups is 1. The summed E-state index contributed by atoms with van der Waals surface area (Å²) in [5.41, 5.74) is 5.81. The van der Waals surface area contributed by atoms with Crippen LogP contribution in [0, 0.1) is 0 Å². The number of morpholine rings is 1. The van der Waals surface area contributed by atoms with Gasteiger partial charge < -0.3 is 14.4 Å². The van der Waals surface area contributed by atoms with Crippen molar-refractivity contribution in [1.29, 1.82) is 0 Å². The fourth-order valence-electron chi connectivity index (χ4n) is 2.53. The average Bonchev–Trinajstić information content (AvgIpc) is 3.17. The van der Waals surface area contributed by atoms with Crippen LogP contribution in [-0.2, 0) is 16.0 Å². The third-order valence-electron chi connectivity index (χ3n) is 3.87. The van der Waals surface area contributed by atoms with Crippen LogP contribution in [0.2, 0.25) is 0 Å². The summed E-state index contributed by atoms with van der Waals surface area (Å²) in [6, 6.07) is 7.24. The summed E-state index contributed by atoms with van der Waals surface area (Å²) < 4.78 is 10.5. The van der Waals surface area contributed by atoms with E-state index in [9.17, 15) is 9.59 Å². The fourth-order valence-corrected chi connectivity index (χ4v) is 3.38. The van der Waals surface area contributed by atoms with Crippen molar-refractivity contribution >= 4 is 28.3 Å². The molecule has 1 aliphatic heterocycles. The minimum atomic E-state index is -0.450. The molecule has 0 radical (unpaired) electrons. The van der Waals surface area contributed by atoms with Gasteiger partial charge in [-0.05, 0) is 6.07 Å². The highest BCUT2D eigenvalue weighted by molar-refractivity contribution is 7.13. The van der Waals surface area contributed by atoms with E-state index >= 15 is 0 Å². The Hall–Kier alpha value is -2.65. The largest absolute Gasteiger partial charge is 0.496 e. The van der Waals surface area contributed by atoms with E-state index in [0.29, 0.717) is 19.0 Å². The number of benzene rings is 1. The second kappa shape index (κ2) is 8.63. The number of carbonyl (C=O) groups excluding carboxylic acids is 2. The Morgan fingerprint density at radius 2 is 2.04 bits per heavy atom. The summed E-state index contributed by atoms with van der Waals surface area (Å²) >= 11 is 1.40. The number of nitrogens with one attached hydrogen (secondary N) is 2. The molecular weight excluding hydrogens is 356 g/mol. The lowest BCUT2D eigenvalue weighted by Gasteiger charge is -2.25. The molecule has 0 bridgehead atoms. The molecule has 0 atom stereocenters. The van der Waals surface area contributed by atoms with Gasteiger partial charge in [0.1, 0.15) is 11.4 Å². The Morgan fingerprint density at radius 3 is 2.81 bits per heavy atom. The van der Waals surface area contributed by atoms with Crippen LogP contribution >= 0.6 is 11.3 Å². The van der Waals surface area contributed by atoms with E-state index in [0.717, 1.165) is 23.8 Å². The van der Waals surface area contributed by atoms with Gasteiger partial charge in [0.05, 0.1) is 26.7 Å². The highest BCUT2D eigenvalue weighted by Crippen LogP contribution is 2.21. The van der Waals surface area contributed by atoms with Gasteiger partial charge >= 0.3 is 0 Å². The third kappa shape index (κ3) is 4.50. The molecule has 0 unspecified atom stereocenters. The van der Waals surface area contributed by atoms with Crippen LogP contribution < -0.4 is 20.5 Å². The Labute approximate surface area is 155 Å². The van der Waals surface area contributed by atoms with E-state index in [1.807, 2.05) is 12.1 Å².